The van der Waals surface area contributed by atoms with E-state index in [0.717, 1.165) is 28.9 Å². The summed E-state index contributed by atoms with van der Waals surface area (Å²) in [6, 6.07) is 9.41. The number of hydrogen-bond donors (Lipinski definition) is 0. The first-order valence-corrected chi connectivity index (χ1v) is 9.74. The fraction of sp³-hybridized carbons (Fsp3) is 0.294. The predicted molar refractivity (Wildman–Crippen MR) is 100 cm³/mol. The molecule has 1 amide bonds. The molecule has 7 heteroatoms. The number of ether oxygens (including phenoxy) is 1. The van der Waals surface area contributed by atoms with Crippen LogP contribution >= 0.6 is 34.3 Å². The van der Waals surface area contributed by atoms with Gasteiger partial charge < -0.3 is 9.30 Å². The summed E-state index contributed by atoms with van der Waals surface area (Å²) in [4.78, 5) is 18.0. The highest BCUT2D eigenvalue weighted by molar-refractivity contribution is 7.18. The maximum Gasteiger partial charge on any atom is 0.289 e. The van der Waals surface area contributed by atoms with Gasteiger partial charge in [-0.1, -0.05) is 29.9 Å². The normalized spacial score (nSPS) is 12.0. The van der Waals surface area contributed by atoms with Gasteiger partial charge in [-0.05, 0) is 43.7 Å². The first kappa shape index (κ1) is 17.2. The Hall–Kier alpha value is -1.63. The molecule has 0 aliphatic carbocycles. The molecule has 2 aromatic heterocycles. The first-order valence-electron chi connectivity index (χ1n) is 7.73. The summed E-state index contributed by atoms with van der Waals surface area (Å²) >= 11 is 8.66. The molecule has 0 unspecified atom stereocenters. The Bertz CT molecular complexity index is 940. The van der Waals surface area contributed by atoms with Gasteiger partial charge >= 0.3 is 0 Å². The van der Waals surface area contributed by atoms with Crippen molar-refractivity contribution in [2.45, 2.75) is 26.8 Å². The van der Waals surface area contributed by atoms with Crippen molar-refractivity contribution in [2.75, 3.05) is 6.61 Å². The van der Waals surface area contributed by atoms with Crippen LogP contribution in [0.1, 0.15) is 29.9 Å². The van der Waals surface area contributed by atoms with Crippen molar-refractivity contribution in [3.05, 3.63) is 44.3 Å². The monoisotopic (exact) mass is 380 g/mol. The number of hydrogen-bond acceptors (Lipinski definition) is 4. The van der Waals surface area contributed by atoms with Gasteiger partial charge in [0.25, 0.3) is 5.91 Å². The van der Waals surface area contributed by atoms with E-state index in [1.165, 1.54) is 22.7 Å². The largest absolute Gasteiger partial charge is 0.494 e. The molecular weight excluding hydrogens is 364 g/mol. The molecule has 0 saturated carbocycles. The summed E-state index contributed by atoms with van der Waals surface area (Å²) in [5.74, 6) is 0.575. The predicted octanol–water partition coefficient (Wildman–Crippen LogP) is 4.97. The van der Waals surface area contributed by atoms with E-state index in [4.69, 9.17) is 16.3 Å². The van der Waals surface area contributed by atoms with Crippen molar-refractivity contribution < 1.29 is 9.53 Å². The first-order chi connectivity index (χ1) is 11.6. The molecule has 0 radical (unpaired) electrons. The average Bonchev–Trinajstić information content (AvgIpc) is 3.12. The van der Waals surface area contributed by atoms with E-state index in [0.29, 0.717) is 20.6 Å². The molecule has 24 heavy (non-hydrogen) atoms. The minimum absolute atomic E-state index is 0.256. The molecule has 126 valence electrons. The van der Waals surface area contributed by atoms with E-state index in [2.05, 4.69) is 16.5 Å². The Morgan fingerprint density at radius 1 is 1.25 bits per heavy atom. The molecule has 0 bridgehead atoms. The molecule has 0 spiro atoms. The second kappa shape index (κ2) is 7.51. The van der Waals surface area contributed by atoms with Gasteiger partial charge in [-0.3, -0.25) is 4.79 Å². The van der Waals surface area contributed by atoms with Crippen LogP contribution in [0.2, 0.25) is 4.34 Å². The fourth-order valence-corrected chi connectivity index (χ4v) is 4.42. The number of thiazole rings is 1. The van der Waals surface area contributed by atoms with E-state index in [-0.39, 0.29) is 5.91 Å². The van der Waals surface area contributed by atoms with Crippen LogP contribution in [0.4, 0.5) is 0 Å². The van der Waals surface area contributed by atoms with Crippen molar-refractivity contribution in [1.29, 1.82) is 0 Å². The number of fused-ring (bicyclic) bond motifs is 1. The number of thiophene rings is 1. The number of benzene rings is 1. The molecule has 3 aromatic rings. The Morgan fingerprint density at radius 3 is 2.75 bits per heavy atom. The summed E-state index contributed by atoms with van der Waals surface area (Å²) in [5.41, 5.74) is 1.07. The summed E-state index contributed by atoms with van der Waals surface area (Å²) in [6.45, 7) is 5.50. The van der Waals surface area contributed by atoms with E-state index >= 15 is 0 Å². The third-order valence-corrected chi connectivity index (χ3v) is 5.65. The van der Waals surface area contributed by atoms with Gasteiger partial charge in [0.15, 0.2) is 4.80 Å². The maximum absolute atomic E-state index is 12.4. The van der Waals surface area contributed by atoms with Crippen LogP contribution in [0.15, 0.2) is 35.3 Å². The molecule has 0 aliphatic rings. The van der Waals surface area contributed by atoms with Gasteiger partial charge in [0.2, 0.25) is 0 Å². The lowest BCUT2D eigenvalue weighted by Crippen LogP contribution is -2.16. The second-order valence-corrected chi connectivity index (χ2v) is 7.84. The molecule has 4 nitrogen and oxygen atoms in total. The van der Waals surface area contributed by atoms with Gasteiger partial charge in [-0.2, -0.15) is 4.99 Å². The molecule has 0 aliphatic heterocycles. The number of aromatic nitrogens is 1. The highest BCUT2D eigenvalue weighted by Gasteiger charge is 2.11. The topological polar surface area (TPSA) is 43.6 Å². The van der Waals surface area contributed by atoms with Crippen LogP contribution in [-0.4, -0.2) is 17.1 Å². The summed E-state index contributed by atoms with van der Waals surface area (Å²) in [6.07, 6.45) is 0.964. The number of carbonyl (C=O) groups is 1. The quantitative estimate of drug-likeness (QED) is 0.627. The van der Waals surface area contributed by atoms with Crippen LogP contribution in [-0.2, 0) is 6.54 Å². The number of rotatable bonds is 5. The number of carbonyl (C=O) groups excluding carboxylic acids is 1. The molecule has 2 heterocycles. The lowest BCUT2D eigenvalue weighted by atomic mass is 10.3. The van der Waals surface area contributed by atoms with Gasteiger partial charge in [0.05, 0.1) is 26.0 Å². The van der Waals surface area contributed by atoms with Gasteiger partial charge in [-0.25, -0.2) is 0 Å². The van der Waals surface area contributed by atoms with E-state index in [9.17, 15) is 4.79 Å². The zero-order chi connectivity index (χ0) is 17.1. The Balaban J connectivity index is 2.09. The SMILES string of the molecule is CCCn1c(=NC(=O)c2ccc(Cl)s2)sc2cc(OCC)ccc21. The van der Waals surface area contributed by atoms with Crippen molar-refractivity contribution >= 4 is 50.4 Å². The number of halogens is 1. The minimum atomic E-state index is -0.256. The zero-order valence-corrected chi connectivity index (χ0v) is 15.8. The molecule has 0 saturated heterocycles. The number of nitrogens with zero attached hydrogens (tertiary/aromatic N) is 2. The second-order valence-electron chi connectivity index (χ2n) is 5.12. The van der Waals surface area contributed by atoms with E-state index in [1.54, 1.807) is 12.1 Å². The summed E-state index contributed by atoms with van der Waals surface area (Å²) in [5, 5.41) is 0. The fourth-order valence-electron chi connectivity index (χ4n) is 2.41. The standard InChI is InChI=1S/C17H17ClN2O2S2/c1-3-9-20-12-6-5-11(22-4-2)10-14(12)24-17(20)19-16(21)13-7-8-15(18)23-13/h5-8,10H,3-4,9H2,1-2H3. The van der Waals surface area contributed by atoms with Crippen LogP contribution in [0.5, 0.6) is 5.75 Å². The molecular formula is C17H17ClN2O2S2. The summed E-state index contributed by atoms with van der Waals surface area (Å²) in [7, 11) is 0. The highest BCUT2D eigenvalue weighted by atomic mass is 35.5. The van der Waals surface area contributed by atoms with Crippen molar-refractivity contribution in [3.63, 3.8) is 0 Å². The van der Waals surface area contributed by atoms with Crippen LogP contribution in [0.25, 0.3) is 10.2 Å². The van der Waals surface area contributed by atoms with Crippen molar-refractivity contribution in [3.8, 4) is 5.75 Å². The van der Waals surface area contributed by atoms with Crippen molar-refractivity contribution in [1.82, 2.24) is 4.57 Å². The van der Waals surface area contributed by atoms with Crippen LogP contribution < -0.4 is 9.54 Å². The average molecular weight is 381 g/mol. The van der Waals surface area contributed by atoms with Gasteiger partial charge in [-0.15, -0.1) is 11.3 Å². The third-order valence-electron chi connectivity index (χ3n) is 3.39. The van der Waals surface area contributed by atoms with Crippen LogP contribution in [0, 0.1) is 0 Å². The molecule has 0 atom stereocenters. The third kappa shape index (κ3) is 3.55. The lowest BCUT2D eigenvalue weighted by molar-refractivity contribution is 0.100. The number of aryl methyl sites for hydroxylation is 1. The highest BCUT2D eigenvalue weighted by Crippen LogP contribution is 2.25. The minimum Gasteiger partial charge on any atom is -0.494 e. The zero-order valence-electron chi connectivity index (χ0n) is 13.4. The number of amides is 1. The molecule has 1 aromatic carbocycles. The smallest absolute Gasteiger partial charge is 0.289 e. The Labute approximate surface area is 153 Å². The van der Waals surface area contributed by atoms with Crippen molar-refractivity contribution in [2.24, 2.45) is 4.99 Å². The van der Waals surface area contributed by atoms with E-state index in [1.807, 2.05) is 25.1 Å². The maximum atomic E-state index is 12.4. The molecule has 3 rings (SSSR count). The van der Waals surface area contributed by atoms with E-state index < -0.39 is 0 Å². The molecule has 0 N–H and O–H groups in total. The lowest BCUT2D eigenvalue weighted by Gasteiger charge is -2.04. The summed E-state index contributed by atoms with van der Waals surface area (Å²) < 4.78 is 9.30. The Kier molecular flexibility index (Phi) is 5.38. The Morgan fingerprint density at radius 2 is 2.08 bits per heavy atom. The van der Waals surface area contributed by atoms with Crippen LogP contribution in [0.3, 0.4) is 0 Å². The van der Waals surface area contributed by atoms with Gasteiger partial charge in [0.1, 0.15) is 5.75 Å². The molecule has 0 fully saturated rings. The van der Waals surface area contributed by atoms with Gasteiger partial charge in [0, 0.05) is 6.54 Å².